The van der Waals surface area contributed by atoms with Crippen molar-refractivity contribution in [3.8, 4) is 0 Å². The van der Waals surface area contributed by atoms with Gasteiger partial charge in [0.2, 0.25) is 0 Å². The van der Waals surface area contributed by atoms with E-state index in [9.17, 15) is 9.18 Å². The third-order valence-corrected chi connectivity index (χ3v) is 5.66. The van der Waals surface area contributed by atoms with Crippen molar-refractivity contribution in [3.05, 3.63) is 45.7 Å². The highest BCUT2D eigenvalue weighted by Gasteiger charge is 2.19. The van der Waals surface area contributed by atoms with Crippen LogP contribution in [0.2, 0.25) is 0 Å². The van der Waals surface area contributed by atoms with E-state index in [-0.39, 0.29) is 5.91 Å². The van der Waals surface area contributed by atoms with Gasteiger partial charge in [0, 0.05) is 31.1 Å². The lowest BCUT2D eigenvalue weighted by Gasteiger charge is -2.19. The first kappa shape index (κ1) is 17.9. The predicted molar refractivity (Wildman–Crippen MR) is 99.7 cm³/mol. The van der Waals surface area contributed by atoms with Crippen LogP contribution in [0.3, 0.4) is 0 Å². The van der Waals surface area contributed by atoms with Crippen LogP contribution in [-0.4, -0.2) is 29.9 Å². The normalized spacial score (nSPS) is 15.2. The van der Waals surface area contributed by atoms with Crippen molar-refractivity contribution in [2.45, 2.75) is 44.6 Å². The summed E-state index contributed by atoms with van der Waals surface area (Å²) in [6.07, 6.45) is 6.40. The fraction of sp³-hybridized carbons (Fsp3) is 0.474. The van der Waals surface area contributed by atoms with E-state index in [1.54, 1.807) is 31.5 Å². The van der Waals surface area contributed by atoms with E-state index < -0.39 is 5.82 Å². The van der Waals surface area contributed by atoms with Crippen molar-refractivity contribution in [2.75, 3.05) is 19.4 Å². The van der Waals surface area contributed by atoms with E-state index >= 15 is 0 Å². The van der Waals surface area contributed by atoms with Crippen LogP contribution in [0, 0.1) is 5.82 Å². The average molecular weight is 361 g/mol. The van der Waals surface area contributed by atoms with Gasteiger partial charge in [0.25, 0.3) is 5.91 Å². The lowest BCUT2D eigenvalue weighted by Crippen LogP contribution is -2.23. The summed E-state index contributed by atoms with van der Waals surface area (Å²) < 4.78 is 13.5. The number of thiazole rings is 1. The first-order valence-corrected chi connectivity index (χ1v) is 9.62. The van der Waals surface area contributed by atoms with Crippen LogP contribution in [0.1, 0.15) is 59.1 Å². The summed E-state index contributed by atoms with van der Waals surface area (Å²) in [4.78, 5) is 18.5. The van der Waals surface area contributed by atoms with Crippen molar-refractivity contribution in [1.82, 2.24) is 9.88 Å². The van der Waals surface area contributed by atoms with Gasteiger partial charge in [0.15, 0.2) is 0 Å². The summed E-state index contributed by atoms with van der Waals surface area (Å²) in [6, 6.07) is 4.25. The van der Waals surface area contributed by atoms with Gasteiger partial charge >= 0.3 is 0 Å². The number of hydrogen-bond acceptors (Lipinski definition) is 4. The Bertz CT molecular complexity index is 738. The number of amides is 1. The van der Waals surface area contributed by atoms with Gasteiger partial charge in [-0.05, 0) is 31.0 Å². The number of halogens is 1. The number of nitrogens with zero attached hydrogens (tertiary/aromatic N) is 2. The molecule has 1 aliphatic rings. The summed E-state index contributed by atoms with van der Waals surface area (Å²) in [5.41, 5.74) is 1.94. The molecule has 0 spiro atoms. The molecule has 1 aliphatic carbocycles. The van der Waals surface area contributed by atoms with Gasteiger partial charge in [0.05, 0.1) is 22.8 Å². The predicted octanol–water partition coefficient (Wildman–Crippen LogP) is 4.64. The zero-order chi connectivity index (χ0) is 17.8. The molecule has 0 saturated heterocycles. The van der Waals surface area contributed by atoms with E-state index in [2.05, 4.69) is 10.7 Å². The van der Waals surface area contributed by atoms with Crippen LogP contribution in [0.25, 0.3) is 0 Å². The van der Waals surface area contributed by atoms with Crippen LogP contribution >= 0.6 is 11.3 Å². The van der Waals surface area contributed by atoms with E-state index in [4.69, 9.17) is 4.98 Å². The number of anilines is 1. The first-order chi connectivity index (χ1) is 12.0. The summed E-state index contributed by atoms with van der Waals surface area (Å²) >= 11 is 1.72. The molecule has 0 bridgehead atoms. The molecule has 1 heterocycles. The monoisotopic (exact) mass is 361 g/mol. The highest BCUT2D eigenvalue weighted by molar-refractivity contribution is 7.09. The quantitative estimate of drug-likeness (QED) is 0.843. The molecule has 1 saturated carbocycles. The highest BCUT2D eigenvalue weighted by atomic mass is 32.1. The molecule has 1 aromatic heterocycles. The maximum atomic E-state index is 13.5. The Kier molecular flexibility index (Phi) is 5.68. The fourth-order valence-electron chi connectivity index (χ4n) is 3.22. The zero-order valence-electron chi connectivity index (χ0n) is 14.7. The number of nitrogens with one attached hydrogen (secondary N) is 1. The maximum absolute atomic E-state index is 13.5. The number of aromatic nitrogens is 1. The Morgan fingerprint density at radius 2 is 2.08 bits per heavy atom. The summed E-state index contributed by atoms with van der Waals surface area (Å²) in [7, 11) is 3.32. The van der Waals surface area contributed by atoms with Crippen LogP contribution in [0.15, 0.2) is 23.6 Å². The average Bonchev–Trinajstić information content (AvgIpc) is 3.09. The zero-order valence-corrected chi connectivity index (χ0v) is 15.5. The molecule has 1 fully saturated rings. The molecule has 25 heavy (non-hydrogen) atoms. The minimum Gasteiger partial charge on any atom is -0.379 e. The van der Waals surface area contributed by atoms with Crippen molar-refractivity contribution in [3.63, 3.8) is 0 Å². The van der Waals surface area contributed by atoms with Gasteiger partial charge < -0.3 is 10.2 Å². The molecule has 0 atom stereocenters. The van der Waals surface area contributed by atoms with Crippen molar-refractivity contribution >= 4 is 22.9 Å². The maximum Gasteiger partial charge on any atom is 0.255 e. The molecular weight excluding hydrogens is 337 g/mol. The van der Waals surface area contributed by atoms with Crippen molar-refractivity contribution in [1.29, 1.82) is 0 Å². The summed E-state index contributed by atoms with van der Waals surface area (Å²) in [6.45, 7) is 0.530. The minimum atomic E-state index is -0.413. The molecule has 1 N–H and O–H groups in total. The molecule has 4 nitrogen and oxygen atoms in total. The summed E-state index contributed by atoms with van der Waals surface area (Å²) in [5, 5.41) is 6.54. The SMILES string of the molecule is CN(C)C(=O)c1cc(F)ccc1NCc1csc(C2CCCCC2)n1. The van der Waals surface area contributed by atoms with E-state index in [0.29, 0.717) is 23.7 Å². The smallest absolute Gasteiger partial charge is 0.255 e. The standard InChI is InChI=1S/C19H24FN3OS/c1-23(2)19(24)16-10-14(20)8-9-17(16)21-11-15-12-25-18(22-15)13-6-4-3-5-7-13/h8-10,12-13,21H,3-7,11H2,1-2H3. The molecule has 1 amide bonds. The lowest BCUT2D eigenvalue weighted by molar-refractivity contribution is 0.0828. The highest BCUT2D eigenvalue weighted by Crippen LogP contribution is 2.34. The van der Waals surface area contributed by atoms with E-state index in [1.165, 1.54) is 54.1 Å². The topological polar surface area (TPSA) is 45.2 Å². The molecule has 0 aliphatic heterocycles. The third-order valence-electron chi connectivity index (χ3n) is 4.60. The number of hydrogen-bond donors (Lipinski definition) is 1. The minimum absolute atomic E-state index is 0.219. The van der Waals surface area contributed by atoms with Crippen molar-refractivity contribution in [2.24, 2.45) is 0 Å². The second kappa shape index (κ2) is 7.95. The number of carbonyl (C=O) groups is 1. The largest absolute Gasteiger partial charge is 0.379 e. The molecule has 134 valence electrons. The van der Waals surface area contributed by atoms with Gasteiger partial charge in [-0.25, -0.2) is 9.37 Å². The Balaban J connectivity index is 1.69. The van der Waals surface area contributed by atoms with Gasteiger partial charge in [-0.2, -0.15) is 0 Å². The Morgan fingerprint density at radius 1 is 1.32 bits per heavy atom. The fourth-order valence-corrected chi connectivity index (χ4v) is 4.21. The second-order valence-electron chi connectivity index (χ2n) is 6.76. The Morgan fingerprint density at radius 3 is 2.80 bits per heavy atom. The van der Waals surface area contributed by atoms with Crippen LogP contribution in [-0.2, 0) is 6.54 Å². The van der Waals surface area contributed by atoms with Crippen LogP contribution in [0.4, 0.5) is 10.1 Å². The van der Waals surface area contributed by atoms with Gasteiger partial charge in [-0.3, -0.25) is 4.79 Å². The number of benzene rings is 1. The molecular formula is C19H24FN3OS. The van der Waals surface area contributed by atoms with E-state index in [1.807, 2.05) is 0 Å². The molecule has 1 aromatic carbocycles. The van der Waals surface area contributed by atoms with Gasteiger partial charge in [0.1, 0.15) is 5.82 Å². The third kappa shape index (κ3) is 4.37. The summed E-state index contributed by atoms with van der Waals surface area (Å²) in [5.74, 6) is -0.0311. The molecule has 2 aromatic rings. The number of carbonyl (C=O) groups excluding carboxylic acids is 1. The van der Waals surface area contributed by atoms with Crippen LogP contribution in [0.5, 0.6) is 0 Å². The molecule has 6 heteroatoms. The Labute approximate surface area is 152 Å². The first-order valence-electron chi connectivity index (χ1n) is 8.74. The van der Waals surface area contributed by atoms with E-state index in [0.717, 1.165) is 5.69 Å². The van der Waals surface area contributed by atoms with Gasteiger partial charge in [-0.1, -0.05) is 19.3 Å². The molecule has 3 rings (SSSR count). The molecule has 0 unspecified atom stereocenters. The Hall–Kier alpha value is -1.95. The molecule has 0 radical (unpaired) electrons. The van der Waals surface area contributed by atoms with Gasteiger partial charge in [-0.15, -0.1) is 11.3 Å². The number of rotatable bonds is 5. The van der Waals surface area contributed by atoms with Crippen LogP contribution < -0.4 is 5.32 Å². The lowest BCUT2D eigenvalue weighted by atomic mass is 9.90. The van der Waals surface area contributed by atoms with Crippen molar-refractivity contribution < 1.29 is 9.18 Å². The second-order valence-corrected chi connectivity index (χ2v) is 7.64.